The molecule has 0 aromatic heterocycles. The normalized spacial score (nSPS) is 16.8. The van der Waals surface area contributed by atoms with Gasteiger partial charge in [-0.25, -0.2) is 4.79 Å². The summed E-state index contributed by atoms with van der Waals surface area (Å²) >= 11 is 0. The maximum Gasteiger partial charge on any atom is 0.326 e. The Morgan fingerprint density at radius 2 is 0.728 bits per heavy atom. The number of amides is 10. The molecule has 31 heteroatoms. The molecule has 0 spiro atoms. The fourth-order valence-electron chi connectivity index (χ4n) is 7.79. The van der Waals surface area contributed by atoms with E-state index in [-0.39, 0.29) is 51.2 Å². The van der Waals surface area contributed by atoms with Crippen LogP contribution in [0.1, 0.15) is 132 Å². The molecular formula is C50H94N16O15. The van der Waals surface area contributed by atoms with Crippen LogP contribution in [0, 0.1) is 11.8 Å². The number of carbonyl (C=O) groups is 11. The SMILES string of the molecule is CC[C@H](C)[C@H](NC(=O)[C@H](CCCCN)NC(=O)[C@@H](NC(=O)[C@@H](NC(=O)[C@H](CCCCN)NC(=O)[C@H](C)N)[C@@H](C)O)[C@@H](C)CC)C(=O)N[C@H](C(=O)N[C@@H](CCC(N)=O)C(=O)N[C@H](C(=O)N[C@@H](CCCN=C(N)N)C(=O)O)[C@@H](C)O)[C@@H](C)O. The molecule has 0 aliphatic rings. The number of rotatable bonds is 41. The number of aliphatic hydroxyl groups excluding tert-OH is 3. The predicted octanol–water partition coefficient (Wildman–Crippen LogP) is -6.41. The van der Waals surface area contributed by atoms with Crippen LogP contribution in [-0.4, -0.2) is 190 Å². The van der Waals surface area contributed by atoms with Crippen LogP contribution in [-0.2, 0) is 52.7 Å². The largest absolute Gasteiger partial charge is 0.480 e. The summed E-state index contributed by atoms with van der Waals surface area (Å²) in [5, 5.41) is 63.8. The first-order valence-electron chi connectivity index (χ1n) is 27.4. The summed E-state index contributed by atoms with van der Waals surface area (Å²) in [7, 11) is 0. The summed E-state index contributed by atoms with van der Waals surface area (Å²) in [6, 6.07) is -14.9. The van der Waals surface area contributed by atoms with Gasteiger partial charge in [0.25, 0.3) is 0 Å². The highest BCUT2D eigenvalue weighted by Crippen LogP contribution is 2.15. The van der Waals surface area contributed by atoms with Crippen molar-refractivity contribution in [1.82, 2.24) is 47.9 Å². The van der Waals surface area contributed by atoms with Crippen molar-refractivity contribution in [3.05, 3.63) is 0 Å². The van der Waals surface area contributed by atoms with Gasteiger partial charge in [-0.05, 0) is 110 Å². The molecule has 0 rings (SSSR count). The number of nitrogens with one attached hydrogen (secondary N) is 9. The van der Waals surface area contributed by atoms with Crippen molar-refractivity contribution in [2.45, 2.75) is 211 Å². The van der Waals surface area contributed by atoms with E-state index in [2.05, 4.69) is 52.8 Å². The number of nitrogens with zero attached hydrogens (tertiary/aromatic N) is 1. The third kappa shape index (κ3) is 28.0. The minimum atomic E-state index is -1.86. The number of primary amides is 1. The van der Waals surface area contributed by atoms with Gasteiger partial charge in [-0.1, -0.05) is 40.5 Å². The number of aliphatic imine (C=N–C) groups is 1. The Morgan fingerprint density at radius 3 is 1.07 bits per heavy atom. The van der Waals surface area contributed by atoms with E-state index in [1.54, 1.807) is 27.7 Å². The molecule has 0 radical (unpaired) electrons. The monoisotopic (exact) mass is 1160 g/mol. The van der Waals surface area contributed by atoms with Crippen LogP contribution >= 0.6 is 0 Å². The molecule has 0 unspecified atom stereocenters. The van der Waals surface area contributed by atoms with Crippen LogP contribution in [0.3, 0.4) is 0 Å². The summed E-state index contributed by atoms with van der Waals surface area (Å²) in [6.45, 7) is 12.1. The van der Waals surface area contributed by atoms with Crippen LogP contribution in [0.5, 0.6) is 0 Å². The number of carboxylic acid groups (broad SMARTS) is 1. The van der Waals surface area contributed by atoms with Gasteiger partial charge in [-0.2, -0.15) is 0 Å². The van der Waals surface area contributed by atoms with E-state index in [1.807, 2.05) is 0 Å². The molecule has 0 aliphatic heterocycles. The number of hydrogen-bond acceptors (Lipinski definition) is 18. The summed E-state index contributed by atoms with van der Waals surface area (Å²) in [5.41, 5.74) is 33.0. The van der Waals surface area contributed by atoms with Gasteiger partial charge in [0.1, 0.15) is 54.4 Å². The van der Waals surface area contributed by atoms with Gasteiger partial charge in [0, 0.05) is 13.0 Å². The van der Waals surface area contributed by atoms with Gasteiger partial charge in [0.05, 0.1) is 24.4 Å². The van der Waals surface area contributed by atoms with Gasteiger partial charge in [0.2, 0.25) is 59.1 Å². The average molecular weight is 1160 g/mol. The minimum absolute atomic E-state index is 0.0261. The third-order valence-corrected chi connectivity index (χ3v) is 13.2. The van der Waals surface area contributed by atoms with Crippen molar-refractivity contribution in [3.8, 4) is 0 Å². The number of hydrogen-bond donors (Lipinski definition) is 19. The van der Waals surface area contributed by atoms with Crippen molar-refractivity contribution in [3.63, 3.8) is 0 Å². The highest BCUT2D eigenvalue weighted by atomic mass is 16.4. The zero-order chi connectivity index (χ0) is 62.3. The maximum absolute atomic E-state index is 14.3. The topological polar surface area (TPSA) is 545 Å². The van der Waals surface area contributed by atoms with Crippen LogP contribution in [0.4, 0.5) is 0 Å². The lowest BCUT2D eigenvalue weighted by atomic mass is 9.95. The van der Waals surface area contributed by atoms with E-state index in [4.69, 9.17) is 34.4 Å². The number of nitrogens with two attached hydrogens (primary N) is 6. The summed E-state index contributed by atoms with van der Waals surface area (Å²) in [4.78, 5) is 151. The van der Waals surface area contributed by atoms with E-state index in [9.17, 15) is 73.2 Å². The Bertz CT molecular complexity index is 2090. The van der Waals surface area contributed by atoms with E-state index in [1.165, 1.54) is 13.8 Å². The standard InChI is InChI=1S/C50H94N16O15/c1-9-24(3)35(63-48(79)39(29(8)69)65-42(73)30(16-11-13-21-51)58-40(71)26(5)53)44(75)59-31(17-12-14-22-52)41(72)62-36(25(4)10-2)45(76)66-38(28(7)68)46(77)60-32(19-20-34(54)70)43(74)64-37(27(6)67)47(78)61-33(49(80)81)18-15-23-57-50(55)56/h24-33,35-39,67-69H,9-23,51-53H2,1-8H3,(H2,54,70)(H,58,71)(H,59,75)(H,60,77)(H,61,78)(H,62,72)(H,63,79)(H,64,74)(H,65,73)(H,66,76)(H,80,81)(H4,55,56,57)/t24-,25-,26-,27+,28+,29+,30-,31-,32-,33-,35-,36-,37-,38-,39-/m0/s1. The predicted molar refractivity (Wildman–Crippen MR) is 297 cm³/mol. The molecule has 0 aliphatic carbocycles. The highest BCUT2D eigenvalue weighted by Gasteiger charge is 2.39. The zero-order valence-electron chi connectivity index (χ0n) is 48.0. The second-order valence-electron chi connectivity index (χ2n) is 20.3. The average Bonchev–Trinajstić information content (AvgIpc) is 3.39. The molecule has 464 valence electrons. The number of unbranched alkanes of at least 4 members (excludes halogenated alkanes) is 2. The Balaban J connectivity index is 6.76. The summed E-state index contributed by atoms with van der Waals surface area (Å²) in [5.74, 6) is -12.6. The van der Waals surface area contributed by atoms with Crippen molar-refractivity contribution in [1.29, 1.82) is 0 Å². The molecule has 0 saturated carbocycles. The van der Waals surface area contributed by atoms with Gasteiger partial charge in [0.15, 0.2) is 5.96 Å². The Kier molecular flexibility index (Phi) is 35.5. The van der Waals surface area contributed by atoms with Crippen LogP contribution in [0.25, 0.3) is 0 Å². The van der Waals surface area contributed by atoms with Gasteiger partial charge >= 0.3 is 5.97 Å². The van der Waals surface area contributed by atoms with Gasteiger partial charge in [-0.3, -0.25) is 52.9 Å². The van der Waals surface area contributed by atoms with Crippen LogP contribution in [0.15, 0.2) is 4.99 Å². The van der Waals surface area contributed by atoms with Crippen molar-refractivity contribution >= 4 is 71.0 Å². The number of aliphatic carboxylic acids is 1. The molecule has 81 heavy (non-hydrogen) atoms. The number of aliphatic hydroxyl groups is 3. The molecule has 0 saturated heterocycles. The van der Waals surface area contributed by atoms with Crippen molar-refractivity contribution in [2.75, 3.05) is 19.6 Å². The lowest BCUT2D eigenvalue weighted by Gasteiger charge is -2.31. The van der Waals surface area contributed by atoms with Crippen LogP contribution < -0.4 is 82.3 Å². The number of carbonyl (C=O) groups excluding carboxylic acids is 10. The molecule has 0 heterocycles. The molecule has 0 aromatic rings. The molecule has 25 N–H and O–H groups in total. The first-order valence-corrected chi connectivity index (χ1v) is 27.4. The lowest BCUT2D eigenvalue weighted by Crippen LogP contribution is -2.63. The Morgan fingerprint density at radius 1 is 0.420 bits per heavy atom. The molecule has 15 atom stereocenters. The number of guanidine groups is 1. The Hall–Kier alpha value is -6.80. The molecule has 0 aromatic carbocycles. The quantitative estimate of drug-likeness (QED) is 0.0154. The fourth-order valence-corrected chi connectivity index (χ4v) is 7.79. The highest BCUT2D eigenvalue weighted by molar-refractivity contribution is 5.99. The molecule has 10 amide bonds. The Labute approximate surface area is 472 Å². The first kappa shape index (κ1) is 74.2. The lowest BCUT2D eigenvalue weighted by molar-refractivity contribution is -0.143. The zero-order valence-corrected chi connectivity index (χ0v) is 48.0. The van der Waals surface area contributed by atoms with Crippen molar-refractivity contribution < 1.29 is 73.2 Å². The second kappa shape index (κ2) is 38.8. The van der Waals surface area contributed by atoms with E-state index in [0.29, 0.717) is 38.6 Å². The summed E-state index contributed by atoms with van der Waals surface area (Å²) < 4.78 is 0. The van der Waals surface area contributed by atoms with E-state index >= 15 is 0 Å². The van der Waals surface area contributed by atoms with Crippen molar-refractivity contribution in [2.24, 2.45) is 51.2 Å². The van der Waals surface area contributed by atoms with E-state index in [0.717, 1.165) is 13.8 Å². The van der Waals surface area contributed by atoms with E-state index < -0.39 is 168 Å². The van der Waals surface area contributed by atoms with Gasteiger partial charge in [-0.15, -0.1) is 0 Å². The van der Waals surface area contributed by atoms with Gasteiger partial charge < -0.3 is 103 Å². The smallest absolute Gasteiger partial charge is 0.326 e. The minimum Gasteiger partial charge on any atom is -0.480 e. The van der Waals surface area contributed by atoms with Crippen LogP contribution in [0.2, 0.25) is 0 Å². The fraction of sp³-hybridized carbons (Fsp3) is 0.760. The maximum atomic E-state index is 14.3. The first-order chi connectivity index (χ1) is 37.9. The molecule has 31 nitrogen and oxygen atoms in total. The second-order valence-corrected chi connectivity index (χ2v) is 20.3. The molecular weight excluding hydrogens is 1060 g/mol. The third-order valence-electron chi connectivity index (χ3n) is 13.2. The summed E-state index contributed by atoms with van der Waals surface area (Å²) in [6.07, 6.45) is -3.63. The molecule has 0 bridgehead atoms. The number of carboxylic acids is 1. The molecule has 0 fully saturated rings.